The van der Waals surface area contributed by atoms with Crippen molar-refractivity contribution in [1.82, 2.24) is 4.72 Å². The molecular weight excluding hydrogens is 400 g/mol. The molecule has 2 unspecified atom stereocenters. The van der Waals surface area contributed by atoms with Gasteiger partial charge in [0.2, 0.25) is 10.0 Å². The lowest BCUT2D eigenvalue weighted by Crippen LogP contribution is -2.40. The minimum Gasteiger partial charge on any atom is -0.481 e. The Morgan fingerprint density at radius 3 is 2.79 bits per heavy atom. The Morgan fingerprint density at radius 1 is 1.25 bits per heavy atom. The van der Waals surface area contributed by atoms with Gasteiger partial charge in [-0.1, -0.05) is 29.8 Å². The van der Waals surface area contributed by atoms with Crippen LogP contribution in [0.15, 0.2) is 47.4 Å². The van der Waals surface area contributed by atoms with E-state index < -0.39 is 16.0 Å². The maximum absolute atomic E-state index is 12.8. The largest absolute Gasteiger partial charge is 0.481 e. The molecule has 148 valence electrons. The monoisotopic (exact) mass is 420 g/mol. The third-order valence-electron chi connectivity index (χ3n) is 5.42. The van der Waals surface area contributed by atoms with E-state index in [4.69, 9.17) is 16.7 Å². The Labute approximate surface area is 169 Å². The molecule has 28 heavy (non-hydrogen) atoms. The lowest BCUT2D eigenvalue weighted by atomic mass is 9.82. The SMILES string of the molecule is O=C(O)CCN1CC2CC(NS(=O)(=O)c3cccc(Cl)c3)Cc3cccc1c32. The van der Waals surface area contributed by atoms with E-state index in [-0.39, 0.29) is 23.3 Å². The minimum atomic E-state index is -3.66. The van der Waals surface area contributed by atoms with Crippen molar-refractivity contribution in [3.05, 3.63) is 58.6 Å². The molecule has 0 fully saturated rings. The number of hydrogen-bond acceptors (Lipinski definition) is 4. The summed E-state index contributed by atoms with van der Waals surface area (Å²) < 4.78 is 28.4. The van der Waals surface area contributed by atoms with E-state index in [1.54, 1.807) is 12.1 Å². The van der Waals surface area contributed by atoms with Gasteiger partial charge in [-0.05, 0) is 48.2 Å². The lowest BCUT2D eigenvalue weighted by Gasteiger charge is -2.29. The number of halogens is 1. The molecule has 2 atom stereocenters. The molecule has 2 aliphatic rings. The lowest BCUT2D eigenvalue weighted by molar-refractivity contribution is -0.136. The molecule has 8 heteroatoms. The first-order chi connectivity index (χ1) is 13.3. The van der Waals surface area contributed by atoms with Gasteiger partial charge in [0, 0.05) is 35.8 Å². The number of sulfonamides is 1. The fraction of sp³-hybridized carbons (Fsp3) is 0.350. The quantitative estimate of drug-likeness (QED) is 0.750. The second-order valence-corrected chi connectivity index (χ2v) is 9.50. The van der Waals surface area contributed by atoms with E-state index in [1.807, 2.05) is 18.2 Å². The van der Waals surface area contributed by atoms with Crippen LogP contribution in [0.5, 0.6) is 0 Å². The van der Waals surface area contributed by atoms with Gasteiger partial charge in [-0.3, -0.25) is 4.79 Å². The molecule has 2 N–H and O–H groups in total. The van der Waals surface area contributed by atoms with Crippen molar-refractivity contribution in [2.45, 2.75) is 36.1 Å². The molecule has 0 amide bonds. The van der Waals surface area contributed by atoms with Crippen molar-refractivity contribution in [2.75, 3.05) is 18.0 Å². The van der Waals surface area contributed by atoms with Crippen LogP contribution in [-0.4, -0.2) is 38.6 Å². The summed E-state index contributed by atoms with van der Waals surface area (Å²) >= 11 is 5.94. The maximum Gasteiger partial charge on any atom is 0.305 e. The number of rotatable bonds is 6. The third kappa shape index (κ3) is 3.74. The van der Waals surface area contributed by atoms with E-state index in [0.717, 1.165) is 17.8 Å². The first-order valence-corrected chi connectivity index (χ1v) is 11.1. The van der Waals surface area contributed by atoms with Crippen molar-refractivity contribution in [1.29, 1.82) is 0 Å². The van der Waals surface area contributed by atoms with Gasteiger partial charge in [0.25, 0.3) is 0 Å². The van der Waals surface area contributed by atoms with Crippen LogP contribution < -0.4 is 9.62 Å². The molecule has 6 nitrogen and oxygen atoms in total. The van der Waals surface area contributed by atoms with Gasteiger partial charge < -0.3 is 10.0 Å². The number of nitrogens with zero attached hydrogens (tertiary/aromatic N) is 1. The molecule has 2 aromatic rings. The molecule has 0 saturated heterocycles. The molecule has 0 spiro atoms. The normalized spacial score (nSPS) is 20.8. The zero-order valence-corrected chi connectivity index (χ0v) is 16.7. The van der Waals surface area contributed by atoms with Crippen LogP contribution in [-0.2, 0) is 21.2 Å². The number of anilines is 1. The number of carbonyl (C=O) groups is 1. The van der Waals surface area contributed by atoms with Crippen LogP contribution in [0.4, 0.5) is 5.69 Å². The Morgan fingerprint density at radius 2 is 2.04 bits per heavy atom. The van der Waals surface area contributed by atoms with Crippen LogP contribution >= 0.6 is 11.6 Å². The summed E-state index contributed by atoms with van der Waals surface area (Å²) in [5.74, 6) is -0.621. The van der Waals surface area contributed by atoms with E-state index >= 15 is 0 Å². The number of carboxylic acid groups (broad SMARTS) is 1. The van der Waals surface area contributed by atoms with Crippen LogP contribution in [0.2, 0.25) is 5.02 Å². The van der Waals surface area contributed by atoms with Gasteiger partial charge in [0.05, 0.1) is 11.3 Å². The first-order valence-electron chi connectivity index (χ1n) is 9.20. The summed E-state index contributed by atoms with van der Waals surface area (Å²) in [6.07, 6.45) is 1.39. The number of carboxylic acids is 1. The molecule has 0 bridgehead atoms. The fourth-order valence-corrected chi connectivity index (χ4v) is 5.87. The summed E-state index contributed by atoms with van der Waals surface area (Å²) in [5, 5.41) is 9.38. The van der Waals surface area contributed by atoms with Gasteiger partial charge in [-0.25, -0.2) is 13.1 Å². The molecule has 1 aliphatic heterocycles. The van der Waals surface area contributed by atoms with Crippen molar-refractivity contribution in [3.8, 4) is 0 Å². The van der Waals surface area contributed by atoms with Crippen molar-refractivity contribution in [3.63, 3.8) is 0 Å². The summed E-state index contributed by atoms with van der Waals surface area (Å²) in [6.45, 7) is 1.18. The third-order valence-corrected chi connectivity index (χ3v) is 7.18. The molecule has 0 aromatic heterocycles. The number of hydrogen-bond donors (Lipinski definition) is 2. The predicted octanol–water partition coefficient (Wildman–Crippen LogP) is 3.01. The van der Waals surface area contributed by atoms with Crippen molar-refractivity contribution >= 4 is 33.3 Å². The van der Waals surface area contributed by atoms with Gasteiger partial charge in [0.15, 0.2) is 0 Å². The van der Waals surface area contributed by atoms with Gasteiger partial charge in [-0.15, -0.1) is 0 Å². The van der Waals surface area contributed by atoms with Gasteiger partial charge in [-0.2, -0.15) is 0 Å². The Kier molecular flexibility index (Phi) is 5.07. The van der Waals surface area contributed by atoms with E-state index in [0.29, 0.717) is 24.4 Å². The van der Waals surface area contributed by atoms with Gasteiger partial charge >= 0.3 is 5.97 Å². The highest BCUT2D eigenvalue weighted by atomic mass is 35.5. The molecule has 1 heterocycles. The standard InChI is InChI=1S/C20H21ClN2O4S/c21-15-4-2-5-17(11-15)28(26,27)22-16-9-13-3-1-6-18-20(13)14(10-16)12-23(18)8-7-19(24)25/h1-6,11,14,16,22H,7-10,12H2,(H,24,25). The van der Waals surface area contributed by atoms with Crippen LogP contribution in [0.3, 0.4) is 0 Å². The molecule has 1 aliphatic carbocycles. The highest BCUT2D eigenvalue weighted by Crippen LogP contribution is 2.44. The first kappa shape index (κ1) is 19.2. The topological polar surface area (TPSA) is 86.7 Å². The molecule has 4 rings (SSSR count). The summed E-state index contributed by atoms with van der Waals surface area (Å²) in [7, 11) is -3.66. The maximum atomic E-state index is 12.8. The van der Waals surface area contributed by atoms with Crippen molar-refractivity contribution in [2.24, 2.45) is 0 Å². The fourth-order valence-electron chi connectivity index (χ4n) is 4.32. The average molecular weight is 421 g/mol. The molecule has 0 saturated carbocycles. The molecule has 2 aromatic carbocycles. The Hall–Kier alpha value is -2.09. The number of nitrogens with one attached hydrogen (secondary N) is 1. The van der Waals surface area contributed by atoms with Crippen LogP contribution in [0.25, 0.3) is 0 Å². The summed E-state index contributed by atoms with van der Waals surface area (Å²) in [5.41, 5.74) is 3.45. The zero-order chi connectivity index (χ0) is 19.9. The molecule has 0 radical (unpaired) electrons. The minimum absolute atomic E-state index is 0.0845. The van der Waals surface area contributed by atoms with E-state index in [1.165, 1.54) is 17.7 Å². The van der Waals surface area contributed by atoms with E-state index in [9.17, 15) is 13.2 Å². The smallest absolute Gasteiger partial charge is 0.305 e. The zero-order valence-electron chi connectivity index (χ0n) is 15.1. The Balaban J connectivity index is 1.54. The summed E-state index contributed by atoms with van der Waals surface area (Å²) in [4.78, 5) is 13.2. The second-order valence-electron chi connectivity index (χ2n) is 7.35. The van der Waals surface area contributed by atoms with Crippen LogP contribution in [0, 0.1) is 0 Å². The van der Waals surface area contributed by atoms with E-state index in [2.05, 4.69) is 9.62 Å². The predicted molar refractivity (Wildman–Crippen MR) is 108 cm³/mol. The van der Waals surface area contributed by atoms with Crippen LogP contribution in [0.1, 0.15) is 29.9 Å². The highest BCUT2D eigenvalue weighted by Gasteiger charge is 2.37. The summed E-state index contributed by atoms with van der Waals surface area (Å²) in [6, 6.07) is 12.0. The van der Waals surface area contributed by atoms with Gasteiger partial charge in [0.1, 0.15) is 0 Å². The second kappa shape index (κ2) is 7.39. The number of benzene rings is 2. The molecular formula is C20H21ClN2O4S. The van der Waals surface area contributed by atoms with Crippen molar-refractivity contribution < 1.29 is 18.3 Å². The number of aliphatic carboxylic acids is 1. The highest BCUT2D eigenvalue weighted by molar-refractivity contribution is 7.89. The average Bonchev–Trinajstić information content (AvgIpc) is 2.99. The Bertz CT molecular complexity index is 1020.